The van der Waals surface area contributed by atoms with Gasteiger partial charge in [-0.15, -0.1) is 11.3 Å². The molecule has 0 bridgehead atoms. The highest BCUT2D eigenvalue weighted by atomic mass is 32.1. The van der Waals surface area contributed by atoms with Gasteiger partial charge in [-0.25, -0.2) is 0 Å². The Balaban J connectivity index is 1.98. The van der Waals surface area contributed by atoms with Crippen molar-refractivity contribution in [3.05, 3.63) is 52.7 Å². The van der Waals surface area contributed by atoms with Gasteiger partial charge in [-0.3, -0.25) is 4.79 Å². The zero-order valence-electron chi connectivity index (χ0n) is 10.4. The molecule has 1 fully saturated rings. The molecule has 1 aliphatic heterocycles. The van der Waals surface area contributed by atoms with Crippen LogP contribution in [0.25, 0.3) is 0 Å². The van der Waals surface area contributed by atoms with Crippen molar-refractivity contribution in [1.82, 2.24) is 0 Å². The van der Waals surface area contributed by atoms with Crippen LogP contribution in [0.5, 0.6) is 0 Å². The molecule has 0 radical (unpaired) electrons. The first-order valence-corrected chi connectivity index (χ1v) is 7.23. The van der Waals surface area contributed by atoms with Crippen molar-refractivity contribution in [2.45, 2.75) is 12.5 Å². The maximum atomic E-state index is 11.5. The van der Waals surface area contributed by atoms with Crippen molar-refractivity contribution < 1.29 is 9.90 Å². The van der Waals surface area contributed by atoms with Crippen molar-refractivity contribution in [2.75, 3.05) is 11.4 Å². The summed E-state index contributed by atoms with van der Waals surface area (Å²) in [4.78, 5) is 14.8. The number of hydrogen-bond acceptors (Lipinski definition) is 3. The molecular formula is C15H15NO2S. The summed E-state index contributed by atoms with van der Waals surface area (Å²) in [5.74, 6) is -1.02. The largest absolute Gasteiger partial charge is 0.481 e. The zero-order valence-corrected chi connectivity index (χ0v) is 11.2. The fraction of sp³-hybridized carbons (Fsp3) is 0.267. The quantitative estimate of drug-likeness (QED) is 0.931. The molecule has 0 amide bonds. The summed E-state index contributed by atoms with van der Waals surface area (Å²) in [5.41, 5.74) is 1.10. The van der Waals surface area contributed by atoms with Gasteiger partial charge in [0.1, 0.15) is 0 Å². The number of anilines is 1. The van der Waals surface area contributed by atoms with Gasteiger partial charge in [0.25, 0.3) is 0 Å². The molecule has 2 aromatic rings. The second-order valence-electron chi connectivity index (χ2n) is 4.72. The molecule has 0 spiro atoms. The van der Waals surface area contributed by atoms with Crippen LogP contribution in [0.4, 0.5) is 5.69 Å². The van der Waals surface area contributed by atoms with Crippen molar-refractivity contribution in [3.63, 3.8) is 0 Å². The first-order chi connectivity index (χ1) is 9.27. The number of carboxylic acid groups (broad SMARTS) is 1. The minimum absolute atomic E-state index is 0.0418. The summed E-state index contributed by atoms with van der Waals surface area (Å²) < 4.78 is 0. The number of benzene rings is 1. The second kappa shape index (κ2) is 5.05. The monoisotopic (exact) mass is 273 g/mol. The molecule has 1 aromatic heterocycles. The average Bonchev–Trinajstić information content (AvgIpc) is 3.08. The van der Waals surface area contributed by atoms with E-state index < -0.39 is 5.97 Å². The fourth-order valence-corrected chi connectivity index (χ4v) is 3.67. The van der Waals surface area contributed by atoms with E-state index >= 15 is 0 Å². The molecule has 3 rings (SSSR count). The van der Waals surface area contributed by atoms with Crippen LogP contribution in [0.2, 0.25) is 0 Å². The van der Waals surface area contributed by atoms with Crippen LogP contribution >= 0.6 is 11.3 Å². The Morgan fingerprint density at radius 2 is 2.00 bits per heavy atom. The van der Waals surface area contributed by atoms with E-state index in [1.54, 1.807) is 11.3 Å². The van der Waals surface area contributed by atoms with E-state index in [2.05, 4.69) is 4.90 Å². The lowest BCUT2D eigenvalue weighted by Gasteiger charge is -2.28. The average molecular weight is 273 g/mol. The maximum Gasteiger partial charge on any atom is 0.309 e. The molecule has 3 nitrogen and oxygen atoms in total. The molecule has 4 heteroatoms. The topological polar surface area (TPSA) is 40.5 Å². The van der Waals surface area contributed by atoms with Crippen molar-refractivity contribution >= 4 is 23.0 Å². The predicted octanol–water partition coefficient (Wildman–Crippen LogP) is 3.40. The van der Waals surface area contributed by atoms with E-state index in [4.69, 9.17) is 0 Å². The molecular weight excluding hydrogens is 258 g/mol. The number of hydrogen-bond donors (Lipinski definition) is 1. The highest BCUT2D eigenvalue weighted by Crippen LogP contribution is 2.42. The van der Waals surface area contributed by atoms with Crippen LogP contribution < -0.4 is 4.90 Å². The highest BCUT2D eigenvalue weighted by molar-refractivity contribution is 7.10. The molecule has 1 aliphatic rings. The van der Waals surface area contributed by atoms with Gasteiger partial charge in [0.05, 0.1) is 12.0 Å². The van der Waals surface area contributed by atoms with E-state index in [9.17, 15) is 9.90 Å². The molecule has 0 saturated carbocycles. The lowest BCUT2D eigenvalue weighted by Crippen LogP contribution is -2.27. The molecule has 1 N–H and O–H groups in total. The van der Waals surface area contributed by atoms with Crippen molar-refractivity contribution in [3.8, 4) is 0 Å². The van der Waals surface area contributed by atoms with Crippen LogP contribution in [0.1, 0.15) is 17.3 Å². The van der Waals surface area contributed by atoms with E-state index in [0.717, 1.165) is 17.1 Å². The normalized spacial score (nSPS) is 22.6. The van der Waals surface area contributed by atoms with Gasteiger partial charge in [0.2, 0.25) is 0 Å². The third-order valence-electron chi connectivity index (χ3n) is 3.64. The smallest absolute Gasteiger partial charge is 0.309 e. The van der Waals surface area contributed by atoms with Crippen LogP contribution in [0, 0.1) is 5.92 Å². The molecule has 2 heterocycles. The molecule has 2 unspecified atom stereocenters. The summed E-state index contributed by atoms with van der Waals surface area (Å²) >= 11 is 1.63. The SMILES string of the molecule is O=C(O)C1CCN(c2ccccc2)C1c1cccs1. The Kier molecular flexibility index (Phi) is 3.25. The standard InChI is InChI=1S/C15H15NO2S/c17-15(18)12-8-9-16(11-5-2-1-3-6-11)14(12)13-7-4-10-19-13/h1-7,10,12,14H,8-9H2,(H,17,18). The summed E-state index contributed by atoms with van der Waals surface area (Å²) in [7, 11) is 0. The van der Waals surface area contributed by atoms with Crippen LogP contribution in [-0.4, -0.2) is 17.6 Å². The van der Waals surface area contributed by atoms with Crippen molar-refractivity contribution in [2.24, 2.45) is 5.92 Å². The Morgan fingerprint density at radius 1 is 1.21 bits per heavy atom. The summed E-state index contributed by atoms with van der Waals surface area (Å²) in [6.45, 7) is 0.795. The van der Waals surface area contributed by atoms with Gasteiger partial charge in [-0.05, 0) is 30.0 Å². The lowest BCUT2D eigenvalue weighted by molar-refractivity contribution is -0.141. The number of carboxylic acids is 1. The number of thiophene rings is 1. The van der Waals surface area contributed by atoms with Gasteiger partial charge in [-0.1, -0.05) is 24.3 Å². The van der Waals surface area contributed by atoms with Crippen LogP contribution in [0.3, 0.4) is 0 Å². The lowest BCUT2D eigenvalue weighted by atomic mass is 9.99. The second-order valence-corrected chi connectivity index (χ2v) is 5.70. The van der Waals surface area contributed by atoms with Gasteiger partial charge < -0.3 is 10.0 Å². The molecule has 98 valence electrons. The van der Waals surface area contributed by atoms with E-state index in [1.165, 1.54) is 0 Å². The summed E-state index contributed by atoms with van der Waals surface area (Å²) in [5, 5.41) is 11.4. The number of aliphatic carboxylic acids is 1. The minimum Gasteiger partial charge on any atom is -0.481 e. The summed E-state index contributed by atoms with van der Waals surface area (Å²) in [6.07, 6.45) is 0.701. The van der Waals surface area contributed by atoms with Crippen molar-refractivity contribution in [1.29, 1.82) is 0 Å². The Morgan fingerprint density at radius 3 is 2.63 bits per heavy atom. The fourth-order valence-electron chi connectivity index (χ4n) is 2.77. The number of carbonyl (C=O) groups is 1. The number of rotatable bonds is 3. The van der Waals surface area contributed by atoms with Gasteiger partial charge in [0.15, 0.2) is 0 Å². The Hall–Kier alpha value is -1.81. The molecule has 0 aliphatic carbocycles. The number of para-hydroxylation sites is 1. The van der Waals surface area contributed by atoms with E-state index in [-0.39, 0.29) is 12.0 Å². The Labute approximate surface area is 116 Å². The Bertz CT molecular complexity index is 553. The molecule has 2 atom stereocenters. The zero-order chi connectivity index (χ0) is 13.2. The van der Waals surface area contributed by atoms with Crippen LogP contribution in [-0.2, 0) is 4.79 Å². The number of nitrogens with zero attached hydrogens (tertiary/aromatic N) is 1. The van der Waals surface area contributed by atoms with Crippen LogP contribution in [0.15, 0.2) is 47.8 Å². The minimum atomic E-state index is -0.697. The molecule has 1 aromatic carbocycles. The van der Waals surface area contributed by atoms with E-state index in [0.29, 0.717) is 6.42 Å². The third-order valence-corrected chi connectivity index (χ3v) is 4.58. The first-order valence-electron chi connectivity index (χ1n) is 6.35. The van der Waals surface area contributed by atoms with E-state index in [1.807, 2.05) is 47.8 Å². The highest BCUT2D eigenvalue weighted by Gasteiger charge is 2.40. The van der Waals surface area contributed by atoms with Gasteiger partial charge in [0, 0.05) is 17.1 Å². The predicted molar refractivity (Wildman–Crippen MR) is 76.6 cm³/mol. The first kappa shape index (κ1) is 12.2. The molecule has 19 heavy (non-hydrogen) atoms. The third kappa shape index (κ3) is 2.24. The van der Waals surface area contributed by atoms with Gasteiger partial charge in [-0.2, -0.15) is 0 Å². The summed E-state index contributed by atoms with van der Waals surface area (Å²) in [6, 6.07) is 14.0. The maximum absolute atomic E-state index is 11.5. The van der Waals surface area contributed by atoms with Gasteiger partial charge >= 0.3 is 5.97 Å². The molecule has 1 saturated heterocycles.